The Morgan fingerprint density at radius 1 is 1.19 bits per heavy atom. The summed E-state index contributed by atoms with van der Waals surface area (Å²) < 4.78 is 5.71. The van der Waals surface area contributed by atoms with Crippen LogP contribution in [-0.4, -0.2) is 55.1 Å². The fourth-order valence-corrected chi connectivity index (χ4v) is 6.30. The van der Waals surface area contributed by atoms with Crippen molar-refractivity contribution in [3.63, 3.8) is 0 Å². The molecule has 1 amide bonds. The van der Waals surface area contributed by atoms with E-state index in [1.807, 2.05) is 12.1 Å². The summed E-state index contributed by atoms with van der Waals surface area (Å²) in [5, 5.41) is 14.3. The number of hydrogen-bond donors (Lipinski definition) is 2. The van der Waals surface area contributed by atoms with Gasteiger partial charge in [0.25, 0.3) is 0 Å². The van der Waals surface area contributed by atoms with Gasteiger partial charge in [-0.1, -0.05) is 39.0 Å². The zero-order valence-corrected chi connectivity index (χ0v) is 22.1. The quantitative estimate of drug-likeness (QED) is 0.361. The standard InChI is InChI=1S/C29H36N2O6/c1-17-24-12-22(29(24,2)3)13-25(17)30-26(33)15-31(37-5)14-19-7-6-8-23(27(19)36-4)20-9-18(16-32)10-21(11-20)28(34)35/h6-11,16-17,22,24-25H,12-15H2,1-5H3,(H,30,33)(H,34,35)/t17-,22+,24-,25-/m0/s1. The number of carbonyl (C=O) groups is 3. The van der Waals surface area contributed by atoms with Crippen LogP contribution in [0.1, 0.15) is 59.9 Å². The molecule has 2 bridgehead atoms. The number of methoxy groups -OCH3 is 1. The maximum absolute atomic E-state index is 13.0. The molecule has 8 heteroatoms. The van der Waals surface area contributed by atoms with Crippen LogP contribution in [0.3, 0.4) is 0 Å². The predicted octanol–water partition coefficient (Wildman–Crippen LogP) is 4.42. The van der Waals surface area contributed by atoms with Gasteiger partial charge in [0.05, 0.1) is 26.3 Å². The number of rotatable bonds is 10. The van der Waals surface area contributed by atoms with Gasteiger partial charge in [0, 0.05) is 22.7 Å². The minimum absolute atomic E-state index is 0.0141. The Kier molecular flexibility index (Phi) is 7.71. The molecule has 2 aromatic carbocycles. The van der Waals surface area contributed by atoms with Crippen LogP contribution in [0.5, 0.6) is 5.75 Å². The van der Waals surface area contributed by atoms with Crippen LogP contribution in [0.25, 0.3) is 11.1 Å². The average molecular weight is 509 g/mol. The van der Waals surface area contributed by atoms with Crippen LogP contribution in [0, 0.1) is 23.2 Å². The number of para-hydroxylation sites is 1. The van der Waals surface area contributed by atoms with Crippen LogP contribution in [0.4, 0.5) is 0 Å². The molecule has 37 heavy (non-hydrogen) atoms. The molecule has 0 radical (unpaired) electrons. The number of carboxylic acids is 1. The largest absolute Gasteiger partial charge is 0.496 e. The van der Waals surface area contributed by atoms with Crippen molar-refractivity contribution in [1.29, 1.82) is 0 Å². The summed E-state index contributed by atoms with van der Waals surface area (Å²) in [6.07, 6.45) is 2.89. The first-order valence-electron chi connectivity index (χ1n) is 12.7. The summed E-state index contributed by atoms with van der Waals surface area (Å²) in [6, 6.07) is 10.1. The number of amides is 1. The lowest BCUT2D eigenvalue weighted by atomic mass is 9.45. The third-order valence-corrected chi connectivity index (χ3v) is 8.58. The number of nitrogens with one attached hydrogen (secondary N) is 1. The molecule has 2 N–H and O–H groups in total. The maximum Gasteiger partial charge on any atom is 0.335 e. The first-order valence-corrected chi connectivity index (χ1v) is 12.7. The monoisotopic (exact) mass is 508 g/mol. The van der Waals surface area contributed by atoms with Gasteiger partial charge in [-0.05, 0) is 59.8 Å². The lowest BCUT2D eigenvalue weighted by Crippen LogP contribution is -2.61. The second-order valence-electron chi connectivity index (χ2n) is 10.9. The lowest BCUT2D eigenvalue weighted by Gasteiger charge is -2.62. The van der Waals surface area contributed by atoms with Crippen molar-refractivity contribution in [3.8, 4) is 16.9 Å². The number of hydroxylamine groups is 2. The first-order chi connectivity index (χ1) is 17.6. The smallest absolute Gasteiger partial charge is 0.335 e. The number of carboxylic acid groups (broad SMARTS) is 1. The van der Waals surface area contributed by atoms with Crippen molar-refractivity contribution in [3.05, 3.63) is 53.1 Å². The Morgan fingerprint density at radius 2 is 1.95 bits per heavy atom. The van der Waals surface area contributed by atoms with Gasteiger partial charge >= 0.3 is 5.97 Å². The molecule has 0 saturated heterocycles. The molecule has 0 aromatic heterocycles. The zero-order chi connectivity index (χ0) is 26.9. The van der Waals surface area contributed by atoms with E-state index in [-0.39, 0.29) is 36.2 Å². The molecule has 8 nitrogen and oxygen atoms in total. The second-order valence-corrected chi connectivity index (χ2v) is 10.9. The number of aromatic carboxylic acids is 1. The maximum atomic E-state index is 13.0. The summed E-state index contributed by atoms with van der Waals surface area (Å²) in [4.78, 5) is 41.5. The van der Waals surface area contributed by atoms with E-state index < -0.39 is 5.97 Å². The molecule has 198 valence electrons. The summed E-state index contributed by atoms with van der Waals surface area (Å²) in [6.45, 7) is 7.26. The van der Waals surface area contributed by atoms with Gasteiger partial charge in [-0.15, -0.1) is 0 Å². The van der Waals surface area contributed by atoms with Crippen molar-refractivity contribution < 1.29 is 29.1 Å². The van der Waals surface area contributed by atoms with E-state index in [1.165, 1.54) is 32.8 Å². The van der Waals surface area contributed by atoms with E-state index in [0.29, 0.717) is 46.3 Å². The Morgan fingerprint density at radius 3 is 2.54 bits per heavy atom. The molecule has 0 heterocycles. The first kappa shape index (κ1) is 26.8. The number of ether oxygens (including phenoxy) is 1. The van der Waals surface area contributed by atoms with Crippen molar-refractivity contribution in [1.82, 2.24) is 10.4 Å². The molecule has 3 fully saturated rings. The fraction of sp³-hybridized carbons (Fsp3) is 0.483. The van der Waals surface area contributed by atoms with E-state index in [2.05, 4.69) is 26.1 Å². The highest BCUT2D eigenvalue weighted by Gasteiger charge is 2.56. The molecule has 4 atom stereocenters. The summed E-state index contributed by atoms with van der Waals surface area (Å²) >= 11 is 0. The van der Waals surface area contributed by atoms with Crippen LogP contribution in [0.15, 0.2) is 36.4 Å². The van der Waals surface area contributed by atoms with Gasteiger partial charge in [0.15, 0.2) is 0 Å². The normalized spacial score (nSPS) is 23.7. The van der Waals surface area contributed by atoms with E-state index in [9.17, 15) is 19.5 Å². The minimum atomic E-state index is -1.12. The number of fused-ring (bicyclic) bond motifs is 2. The average Bonchev–Trinajstić information content (AvgIpc) is 2.88. The third kappa shape index (κ3) is 5.26. The summed E-state index contributed by atoms with van der Waals surface area (Å²) in [7, 11) is 3.06. The Bertz CT molecular complexity index is 1190. The topological polar surface area (TPSA) is 105 Å². The molecular formula is C29H36N2O6. The molecule has 0 spiro atoms. The number of nitrogens with zero attached hydrogens (tertiary/aromatic N) is 1. The van der Waals surface area contributed by atoms with Crippen LogP contribution >= 0.6 is 0 Å². The Balaban J connectivity index is 1.49. The van der Waals surface area contributed by atoms with Crippen LogP contribution < -0.4 is 10.1 Å². The molecule has 0 unspecified atom stereocenters. The Labute approximate surface area is 217 Å². The van der Waals surface area contributed by atoms with Crippen molar-refractivity contribution in [2.24, 2.45) is 23.2 Å². The van der Waals surface area contributed by atoms with Crippen molar-refractivity contribution >= 4 is 18.2 Å². The van der Waals surface area contributed by atoms with Crippen molar-refractivity contribution in [2.75, 3.05) is 20.8 Å². The van der Waals surface area contributed by atoms with E-state index in [4.69, 9.17) is 9.57 Å². The SMILES string of the molecule is COc1c(CN(CC(=O)N[C@H]2C[C@H]3C[C@@H]([C@@H]2C)C3(C)C)OC)cccc1-c1cc(C=O)cc(C(=O)O)c1. The fourth-order valence-electron chi connectivity index (χ4n) is 6.30. The number of aldehydes is 1. The Hall–Kier alpha value is -3.23. The van der Waals surface area contributed by atoms with Crippen LogP contribution in [0.2, 0.25) is 0 Å². The van der Waals surface area contributed by atoms with E-state index in [1.54, 1.807) is 17.2 Å². The number of carbonyl (C=O) groups excluding carboxylic acids is 2. The molecule has 3 aliphatic carbocycles. The molecule has 0 aliphatic heterocycles. The molecule has 3 saturated carbocycles. The number of benzene rings is 2. The number of hydrogen-bond acceptors (Lipinski definition) is 6. The van der Waals surface area contributed by atoms with Gasteiger partial charge in [-0.2, -0.15) is 5.06 Å². The van der Waals surface area contributed by atoms with Crippen molar-refractivity contribution in [2.45, 2.75) is 46.2 Å². The lowest BCUT2D eigenvalue weighted by molar-refractivity contribution is -0.159. The van der Waals surface area contributed by atoms with E-state index in [0.717, 1.165) is 12.0 Å². The van der Waals surface area contributed by atoms with Gasteiger partial charge in [0.1, 0.15) is 18.6 Å². The summed E-state index contributed by atoms with van der Waals surface area (Å²) in [5.41, 5.74) is 2.59. The molecular weight excluding hydrogens is 472 g/mol. The van der Waals surface area contributed by atoms with Gasteiger partial charge in [-0.3, -0.25) is 9.59 Å². The molecule has 2 aromatic rings. The van der Waals surface area contributed by atoms with Gasteiger partial charge in [0.2, 0.25) is 5.91 Å². The van der Waals surface area contributed by atoms with E-state index >= 15 is 0 Å². The summed E-state index contributed by atoms with van der Waals surface area (Å²) in [5.74, 6) is 1.05. The molecule has 5 rings (SSSR count). The van der Waals surface area contributed by atoms with Crippen LogP contribution in [-0.2, 0) is 16.2 Å². The second kappa shape index (κ2) is 10.6. The highest BCUT2D eigenvalue weighted by molar-refractivity contribution is 5.93. The minimum Gasteiger partial charge on any atom is -0.496 e. The predicted molar refractivity (Wildman–Crippen MR) is 139 cm³/mol. The van der Waals surface area contributed by atoms with Gasteiger partial charge < -0.3 is 20.0 Å². The highest BCUT2D eigenvalue weighted by Crippen LogP contribution is 2.61. The molecule has 3 aliphatic rings. The highest BCUT2D eigenvalue weighted by atomic mass is 16.7. The third-order valence-electron chi connectivity index (χ3n) is 8.58. The van der Waals surface area contributed by atoms with Gasteiger partial charge in [-0.25, -0.2) is 4.79 Å². The zero-order valence-electron chi connectivity index (χ0n) is 22.1.